The molecule has 1 amide bonds. The summed E-state index contributed by atoms with van der Waals surface area (Å²) in [4.78, 5) is 17.0. The molecule has 1 aliphatic carbocycles. The number of carbonyl (C=O) groups is 1. The summed E-state index contributed by atoms with van der Waals surface area (Å²) in [6, 6.07) is 14.4. The van der Waals surface area contributed by atoms with Crippen LogP contribution in [-0.2, 0) is 6.42 Å². The van der Waals surface area contributed by atoms with Gasteiger partial charge in [-0.3, -0.25) is 14.5 Å². The maximum Gasteiger partial charge on any atom is 0.253 e. The molecule has 4 heterocycles. The smallest absolute Gasteiger partial charge is 0.253 e. The number of carbonyl (C=O) groups excluding carboxylic acids is 1. The minimum atomic E-state index is -0.0609. The summed E-state index contributed by atoms with van der Waals surface area (Å²) >= 11 is 0. The molecule has 0 saturated heterocycles. The van der Waals surface area contributed by atoms with Gasteiger partial charge in [0.2, 0.25) is 0 Å². The Morgan fingerprint density at radius 1 is 1.07 bits per heavy atom. The Balaban J connectivity index is 1.39. The van der Waals surface area contributed by atoms with Gasteiger partial charge < -0.3 is 9.72 Å². The van der Waals surface area contributed by atoms with E-state index in [-0.39, 0.29) is 5.91 Å². The predicted molar refractivity (Wildman–Crippen MR) is 116 cm³/mol. The van der Waals surface area contributed by atoms with Crippen LogP contribution < -0.4 is 5.32 Å². The van der Waals surface area contributed by atoms with Crippen molar-refractivity contribution in [2.75, 3.05) is 6.54 Å². The van der Waals surface area contributed by atoms with Crippen LogP contribution in [0.1, 0.15) is 47.6 Å². The Morgan fingerprint density at radius 3 is 2.73 bits per heavy atom. The first-order valence-corrected chi connectivity index (χ1v) is 10.6. The quantitative estimate of drug-likeness (QED) is 0.526. The molecule has 1 aliphatic rings. The average Bonchev–Trinajstić information content (AvgIpc) is 3.53. The average molecular weight is 399 g/mol. The Hall–Kier alpha value is -3.41. The molecule has 5 rings (SSSR count). The third-order valence-electron chi connectivity index (χ3n) is 5.94. The van der Waals surface area contributed by atoms with E-state index in [0.717, 1.165) is 28.9 Å². The zero-order chi connectivity index (χ0) is 20.3. The second kappa shape index (κ2) is 8.14. The molecule has 0 spiro atoms. The first kappa shape index (κ1) is 18.6. The highest BCUT2D eigenvalue weighted by atomic mass is 16.1. The van der Waals surface area contributed by atoms with Crippen LogP contribution in [0.15, 0.2) is 67.3 Å². The normalized spacial score (nSPS) is 14.4. The summed E-state index contributed by atoms with van der Waals surface area (Å²) in [7, 11) is 0. The summed E-state index contributed by atoms with van der Waals surface area (Å²) in [5.74, 6) is -0.0609. The Bertz CT molecular complexity index is 1150. The van der Waals surface area contributed by atoms with Gasteiger partial charge >= 0.3 is 0 Å². The summed E-state index contributed by atoms with van der Waals surface area (Å²) < 4.78 is 4.15. The van der Waals surface area contributed by atoms with Gasteiger partial charge in [-0.05, 0) is 61.2 Å². The highest BCUT2D eigenvalue weighted by molar-refractivity contribution is 6.02. The SMILES string of the molecule is O=C(NCCc1ccncc1)c1cc(-c2ccn(C3CCCC3)n2)n2ccccc12. The summed E-state index contributed by atoms with van der Waals surface area (Å²) in [5.41, 5.74) is 4.57. The molecule has 0 aliphatic heterocycles. The van der Waals surface area contributed by atoms with Crippen LogP contribution in [-0.4, -0.2) is 31.6 Å². The number of nitrogens with one attached hydrogen (secondary N) is 1. The van der Waals surface area contributed by atoms with E-state index in [1.165, 1.54) is 25.7 Å². The number of fused-ring (bicyclic) bond motifs is 1. The van der Waals surface area contributed by atoms with Gasteiger partial charge in [0.25, 0.3) is 5.91 Å². The fraction of sp³-hybridized carbons (Fsp3) is 0.292. The van der Waals surface area contributed by atoms with Crippen molar-refractivity contribution in [3.8, 4) is 11.4 Å². The van der Waals surface area contributed by atoms with E-state index in [1.807, 2.05) is 42.6 Å². The lowest BCUT2D eigenvalue weighted by Crippen LogP contribution is -2.25. The number of pyridine rings is 2. The van der Waals surface area contributed by atoms with E-state index in [2.05, 4.69) is 31.6 Å². The number of nitrogens with zero attached hydrogens (tertiary/aromatic N) is 4. The van der Waals surface area contributed by atoms with Gasteiger partial charge in [-0.2, -0.15) is 5.10 Å². The highest BCUT2D eigenvalue weighted by Crippen LogP contribution is 2.31. The number of rotatable bonds is 6. The van der Waals surface area contributed by atoms with Crippen LogP contribution in [0, 0.1) is 0 Å². The minimum Gasteiger partial charge on any atom is -0.352 e. The molecule has 1 N–H and O–H groups in total. The largest absolute Gasteiger partial charge is 0.352 e. The molecule has 0 aromatic carbocycles. The lowest BCUT2D eigenvalue weighted by molar-refractivity contribution is 0.0956. The zero-order valence-electron chi connectivity index (χ0n) is 16.9. The van der Waals surface area contributed by atoms with Gasteiger partial charge in [0, 0.05) is 31.3 Å². The summed E-state index contributed by atoms with van der Waals surface area (Å²) in [5, 5.41) is 7.90. The van der Waals surface area contributed by atoms with Gasteiger partial charge in [-0.1, -0.05) is 18.9 Å². The van der Waals surface area contributed by atoms with Crippen LogP contribution in [0.5, 0.6) is 0 Å². The van der Waals surface area contributed by atoms with Crippen molar-refractivity contribution in [2.45, 2.75) is 38.1 Å². The third-order valence-corrected chi connectivity index (χ3v) is 5.94. The van der Waals surface area contributed by atoms with E-state index in [9.17, 15) is 4.79 Å². The molecule has 4 aromatic heterocycles. The van der Waals surface area contributed by atoms with Crippen molar-refractivity contribution in [3.63, 3.8) is 0 Å². The van der Waals surface area contributed by atoms with Crippen molar-refractivity contribution in [2.24, 2.45) is 0 Å². The van der Waals surface area contributed by atoms with Gasteiger partial charge in [0.05, 0.1) is 22.8 Å². The van der Waals surface area contributed by atoms with Crippen molar-refractivity contribution in [1.29, 1.82) is 0 Å². The first-order chi connectivity index (χ1) is 14.8. The van der Waals surface area contributed by atoms with Gasteiger partial charge in [-0.25, -0.2) is 0 Å². The molecule has 0 unspecified atom stereocenters. The zero-order valence-corrected chi connectivity index (χ0v) is 16.9. The van der Waals surface area contributed by atoms with Crippen molar-refractivity contribution in [1.82, 2.24) is 24.5 Å². The molecular formula is C24H25N5O. The fourth-order valence-electron chi connectivity index (χ4n) is 4.34. The molecule has 30 heavy (non-hydrogen) atoms. The summed E-state index contributed by atoms with van der Waals surface area (Å²) in [6.07, 6.45) is 13.3. The van der Waals surface area contributed by atoms with Crippen LogP contribution in [0.25, 0.3) is 16.9 Å². The van der Waals surface area contributed by atoms with Crippen molar-refractivity contribution >= 4 is 11.4 Å². The van der Waals surface area contributed by atoms with E-state index in [0.29, 0.717) is 18.2 Å². The van der Waals surface area contributed by atoms with Gasteiger partial charge in [-0.15, -0.1) is 0 Å². The lowest BCUT2D eigenvalue weighted by Gasteiger charge is -2.08. The van der Waals surface area contributed by atoms with Crippen LogP contribution in [0.4, 0.5) is 0 Å². The predicted octanol–water partition coefficient (Wildman–Crippen LogP) is 4.29. The molecule has 1 fully saturated rings. The molecule has 4 aromatic rings. The van der Waals surface area contributed by atoms with Crippen LogP contribution in [0.2, 0.25) is 0 Å². The first-order valence-electron chi connectivity index (χ1n) is 10.6. The van der Waals surface area contributed by atoms with Gasteiger partial charge in [0.1, 0.15) is 5.69 Å². The monoisotopic (exact) mass is 399 g/mol. The third kappa shape index (κ3) is 3.61. The maximum atomic E-state index is 12.9. The van der Waals surface area contributed by atoms with E-state index in [4.69, 9.17) is 5.10 Å². The Morgan fingerprint density at radius 2 is 1.90 bits per heavy atom. The number of aromatic nitrogens is 4. The minimum absolute atomic E-state index is 0.0609. The van der Waals surface area contributed by atoms with Crippen LogP contribution >= 0.6 is 0 Å². The lowest BCUT2D eigenvalue weighted by atomic mass is 10.2. The van der Waals surface area contributed by atoms with E-state index < -0.39 is 0 Å². The highest BCUT2D eigenvalue weighted by Gasteiger charge is 2.20. The van der Waals surface area contributed by atoms with Crippen LogP contribution in [0.3, 0.4) is 0 Å². The van der Waals surface area contributed by atoms with Gasteiger partial charge in [0.15, 0.2) is 0 Å². The summed E-state index contributed by atoms with van der Waals surface area (Å²) in [6.45, 7) is 0.582. The fourth-order valence-corrected chi connectivity index (χ4v) is 4.34. The molecule has 0 radical (unpaired) electrons. The van der Waals surface area contributed by atoms with Crippen molar-refractivity contribution < 1.29 is 4.79 Å². The van der Waals surface area contributed by atoms with E-state index >= 15 is 0 Å². The number of hydrogen-bond acceptors (Lipinski definition) is 3. The molecule has 6 heteroatoms. The molecular weight excluding hydrogens is 374 g/mol. The molecule has 6 nitrogen and oxygen atoms in total. The second-order valence-corrected chi connectivity index (χ2v) is 7.88. The maximum absolute atomic E-state index is 12.9. The standard InChI is InChI=1S/C24H25N5O/c30-24(26-14-10-18-8-12-25-13-9-18)20-17-23(28-15-4-3-7-22(20)28)21-11-16-29(27-21)19-5-1-2-6-19/h3-4,7-9,11-13,15-17,19H,1-2,5-6,10,14H2,(H,26,30). The molecule has 0 atom stereocenters. The number of hydrogen-bond donors (Lipinski definition) is 1. The van der Waals surface area contributed by atoms with E-state index in [1.54, 1.807) is 12.4 Å². The Kier molecular flexibility index (Phi) is 5.05. The molecule has 152 valence electrons. The topological polar surface area (TPSA) is 64.2 Å². The second-order valence-electron chi connectivity index (χ2n) is 7.88. The molecule has 1 saturated carbocycles. The van der Waals surface area contributed by atoms with Crippen molar-refractivity contribution in [3.05, 3.63) is 78.4 Å². The number of amides is 1. The molecule has 0 bridgehead atoms. The Labute approximate surface area is 175 Å².